The fraction of sp³-hybridized carbons (Fsp3) is 0.250. The SMILES string of the molecule is Cc1[c-]cccc1C.[Mo+4].[O-]P([O-])(=S)[S-]. The van der Waals surface area contributed by atoms with Crippen molar-refractivity contribution in [2.45, 2.75) is 13.8 Å². The van der Waals surface area contributed by atoms with Crippen molar-refractivity contribution < 1.29 is 30.9 Å². The van der Waals surface area contributed by atoms with Crippen LogP contribution in [-0.2, 0) is 45.1 Å². The molecule has 0 saturated carbocycles. The average Bonchev–Trinajstić information content (AvgIpc) is 1.92. The largest absolute Gasteiger partial charge is 4.00 e. The molecule has 0 spiro atoms. The van der Waals surface area contributed by atoms with Crippen molar-refractivity contribution in [3.8, 4) is 0 Å². The third-order valence-electron chi connectivity index (χ3n) is 1.33. The first-order valence-electron chi connectivity index (χ1n) is 3.47. The van der Waals surface area contributed by atoms with Crippen molar-refractivity contribution in [2.24, 2.45) is 0 Å². The smallest absolute Gasteiger partial charge is 0.850 e. The van der Waals surface area contributed by atoms with Gasteiger partial charge in [-0.25, -0.2) is 0 Å². The second-order valence-electron chi connectivity index (χ2n) is 2.43. The van der Waals surface area contributed by atoms with Crippen LogP contribution in [0.1, 0.15) is 11.1 Å². The summed E-state index contributed by atoms with van der Waals surface area (Å²) in [5.74, 6) is 0. The molecular weight excluding hydrogens is 319 g/mol. The zero-order valence-corrected chi connectivity index (χ0v) is 12.3. The number of benzene rings is 1. The van der Waals surface area contributed by atoms with Crippen LogP contribution in [-0.4, -0.2) is 0 Å². The van der Waals surface area contributed by atoms with Crippen LogP contribution < -0.4 is 9.79 Å². The van der Waals surface area contributed by atoms with Crippen molar-refractivity contribution in [3.63, 3.8) is 0 Å². The molecule has 0 aliphatic rings. The van der Waals surface area contributed by atoms with E-state index in [0.717, 1.165) is 0 Å². The number of hydrogen-bond donors (Lipinski definition) is 0. The molecule has 0 radical (unpaired) electrons. The van der Waals surface area contributed by atoms with Gasteiger partial charge in [0.2, 0.25) is 0 Å². The topological polar surface area (TPSA) is 46.1 Å². The normalized spacial score (nSPS) is 9.50. The second-order valence-corrected chi connectivity index (χ2v) is 6.90. The van der Waals surface area contributed by atoms with E-state index in [4.69, 9.17) is 0 Å². The number of hydrogen-bond acceptors (Lipinski definition) is 4. The molecular formula is C8H9MoO2PS2. The minimum absolute atomic E-state index is 0. The Morgan fingerprint density at radius 2 is 1.86 bits per heavy atom. The summed E-state index contributed by atoms with van der Waals surface area (Å²) >= 11 is 7.28. The molecule has 0 unspecified atom stereocenters. The monoisotopic (exact) mass is 330 g/mol. The molecule has 0 atom stereocenters. The molecule has 0 bridgehead atoms. The molecule has 1 aromatic carbocycles. The molecule has 6 heteroatoms. The summed E-state index contributed by atoms with van der Waals surface area (Å²) in [4.78, 5) is 18.6. The van der Waals surface area contributed by atoms with Gasteiger partial charge >= 0.3 is 21.1 Å². The molecule has 0 N–H and O–H groups in total. The first kappa shape index (κ1) is 17.2. The Hall–Kier alpha value is 0.828. The van der Waals surface area contributed by atoms with Gasteiger partial charge < -0.3 is 27.7 Å². The van der Waals surface area contributed by atoms with Gasteiger partial charge in [0.1, 0.15) is 0 Å². The van der Waals surface area contributed by atoms with Gasteiger partial charge in [-0.15, -0.1) is 0 Å². The Kier molecular flexibility index (Phi) is 9.89. The van der Waals surface area contributed by atoms with Gasteiger partial charge in [-0.1, -0.05) is 13.8 Å². The molecule has 0 amide bonds. The van der Waals surface area contributed by atoms with Crippen LogP contribution in [0.5, 0.6) is 0 Å². The van der Waals surface area contributed by atoms with E-state index in [1.165, 1.54) is 11.1 Å². The molecule has 0 heterocycles. The molecule has 1 aromatic rings. The van der Waals surface area contributed by atoms with E-state index < -0.39 is 5.69 Å². The van der Waals surface area contributed by atoms with Crippen LogP contribution in [0.2, 0.25) is 0 Å². The molecule has 76 valence electrons. The molecule has 0 aromatic heterocycles. The summed E-state index contributed by atoms with van der Waals surface area (Å²) in [5, 5.41) is 0. The van der Waals surface area contributed by atoms with Gasteiger partial charge in [0.05, 0.1) is 0 Å². The molecule has 0 aliphatic heterocycles. The van der Waals surface area contributed by atoms with Crippen LogP contribution in [0.4, 0.5) is 0 Å². The summed E-state index contributed by atoms with van der Waals surface area (Å²) in [6.07, 6.45) is 0. The maximum atomic E-state index is 9.29. The van der Waals surface area contributed by atoms with Gasteiger partial charge in [-0.3, -0.25) is 0 Å². The van der Waals surface area contributed by atoms with Crippen LogP contribution in [0.15, 0.2) is 18.2 Å². The van der Waals surface area contributed by atoms with E-state index in [1.54, 1.807) is 0 Å². The summed E-state index contributed by atoms with van der Waals surface area (Å²) in [7, 11) is 0. The van der Waals surface area contributed by atoms with Gasteiger partial charge in [-0.2, -0.15) is 47.2 Å². The standard InChI is InChI=1S/C8H9.Mo.H3O2PS2/c1-7-5-3-4-6-8(7)2;;1-3(2,4)5/h3-5H,1-2H3;;(H3,1,2,4,5)/q-1;+4;/p-3. The van der Waals surface area contributed by atoms with Gasteiger partial charge in [0.25, 0.3) is 0 Å². The summed E-state index contributed by atoms with van der Waals surface area (Å²) in [6, 6.07) is 9.12. The van der Waals surface area contributed by atoms with Crippen LogP contribution in [0.3, 0.4) is 0 Å². The minimum atomic E-state index is -3.72. The fourth-order valence-electron chi connectivity index (χ4n) is 0.604. The van der Waals surface area contributed by atoms with Gasteiger partial charge in [0, 0.05) is 0 Å². The molecule has 2 nitrogen and oxygen atoms in total. The third kappa shape index (κ3) is 12.8. The molecule has 14 heavy (non-hydrogen) atoms. The van der Waals surface area contributed by atoms with Crippen molar-refractivity contribution >= 4 is 29.7 Å². The second kappa shape index (κ2) is 8.04. The zero-order chi connectivity index (χ0) is 10.5. The Morgan fingerprint density at radius 1 is 1.43 bits per heavy atom. The molecule has 1 rings (SSSR count). The van der Waals surface area contributed by atoms with Crippen LogP contribution >= 0.6 is 5.69 Å². The Bertz CT molecular complexity index is 285. The summed E-state index contributed by atoms with van der Waals surface area (Å²) in [6.45, 7) is 4.15. The summed E-state index contributed by atoms with van der Waals surface area (Å²) < 4.78 is 0. The van der Waals surface area contributed by atoms with Crippen LogP contribution in [0.25, 0.3) is 0 Å². The van der Waals surface area contributed by atoms with Crippen molar-refractivity contribution in [2.75, 3.05) is 0 Å². The quantitative estimate of drug-likeness (QED) is 0.303. The molecule has 0 aliphatic carbocycles. The number of rotatable bonds is 0. The van der Waals surface area contributed by atoms with E-state index in [9.17, 15) is 9.79 Å². The summed E-state index contributed by atoms with van der Waals surface area (Å²) in [5.41, 5.74) is -1.17. The predicted octanol–water partition coefficient (Wildman–Crippen LogP) is 0.580. The Labute approximate surface area is 109 Å². The van der Waals surface area contributed by atoms with E-state index in [-0.39, 0.29) is 21.1 Å². The fourth-order valence-corrected chi connectivity index (χ4v) is 0.604. The molecule has 0 saturated heterocycles. The Morgan fingerprint density at radius 3 is 2.07 bits per heavy atom. The third-order valence-corrected chi connectivity index (χ3v) is 1.33. The first-order valence-corrected chi connectivity index (χ1v) is 7.13. The van der Waals surface area contributed by atoms with Crippen LogP contribution in [0, 0.1) is 19.9 Å². The van der Waals surface area contributed by atoms with Gasteiger partial charge in [0.15, 0.2) is 0 Å². The van der Waals surface area contributed by atoms with Crippen molar-refractivity contribution in [1.29, 1.82) is 0 Å². The maximum Gasteiger partial charge on any atom is 4.00 e. The first-order chi connectivity index (χ1) is 5.80. The molecule has 0 fully saturated rings. The average molecular weight is 328 g/mol. The van der Waals surface area contributed by atoms with E-state index >= 15 is 0 Å². The van der Waals surface area contributed by atoms with E-state index in [0.29, 0.717) is 0 Å². The van der Waals surface area contributed by atoms with Gasteiger partial charge in [-0.05, 0) is 0 Å². The zero-order valence-electron chi connectivity index (χ0n) is 7.72. The maximum absolute atomic E-state index is 9.29. The number of aryl methyl sites for hydroxylation is 2. The van der Waals surface area contributed by atoms with E-state index in [1.807, 2.05) is 12.1 Å². The Balaban J connectivity index is 0. The van der Waals surface area contributed by atoms with Crippen molar-refractivity contribution in [1.82, 2.24) is 0 Å². The van der Waals surface area contributed by atoms with Crippen molar-refractivity contribution in [3.05, 3.63) is 35.4 Å². The minimum Gasteiger partial charge on any atom is -0.850 e. The predicted molar refractivity (Wildman–Crippen MR) is 56.4 cm³/mol. The van der Waals surface area contributed by atoms with E-state index in [2.05, 4.69) is 50.0 Å².